The molecule has 0 saturated heterocycles. The number of aromatic nitrogens is 2. The second kappa shape index (κ2) is 7.18. The summed E-state index contributed by atoms with van der Waals surface area (Å²) in [6.07, 6.45) is 5.02. The third-order valence-electron chi connectivity index (χ3n) is 1.14. The van der Waals surface area contributed by atoms with Gasteiger partial charge in [0.25, 0.3) is 0 Å². The van der Waals surface area contributed by atoms with Crippen LogP contribution in [0.25, 0.3) is 0 Å². The van der Waals surface area contributed by atoms with E-state index in [2.05, 4.69) is 9.36 Å². The van der Waals surface area contributed by atoms with Gasteiger partial charge in [0.05, 0.1) is 6.20 Å². The minimum absolute atomic E-state index is 1.37. The monoisotopic (exact) mass is 190 g/mol. The van der Waals surface area contributed by atoms with Gasteiger partial charge in [-0.05, 0) is 17.6 Å². The zero-order chi connectivity index (χ0) is 9.19. The molecule has 0 spiro atoms. The summed E-state index contributed by atoms with van der Waals surface area (Å²) in [7, 11) is 0. The molecule has 0 bridgehead atoms. The average molecular weight is 190 g/mol. The van der Waals surface area contributed by atoms with E-state index in [4.69, 9.17) is 0 Å². The second-order valence-electron chi connectivity index (χ2n) is 2.10. The standard InChI is InChI=1S/C10H10N2S/c1-2-4-6-10-13-12-9-8-11-7-5-3-1/h1-10H. The Morgan fingerprint density at radius 1 is 0.692 bits per heavy atom. The zero-order valence-corrected chi connectivity index (χ0v) is 7.89. The van der Waals surface area contributed by atoms with Crippen molar-refractivity contribution < 1.29 is 0 Å². The molecule has 3 heteroatoms. The van der Waals surface area contributed by atoms with Crippen molar-refractivity contribution in [2.24, 2.45) is 0 Å². The molecule has 2 nitrogen and oxygen atoms in total. The maximum atomic E-state index is 4.00. The number of nitrogens with zero attached hydrogens (tertiary/aromatic N) is 2. The number of hydrogen-bond donors (Lipinski definition) is 0. The molecule has 0 N–H and O–H groups in total. The molecular weight excluding hydrogens is 180 g/mol. The summed E-state index contributed by atoms with van der Waals surface area (Å²) >= 11 is 1.37. The first-order valence-corrected chi connectivity index (χ1v) is 4.70. The molecule has 0 amide bonds. The maximum Gasteiger partial charge on any atom is 0.0581 e. The van der Waals surface area contributed by atoms with Gasteiger partial charge in [-0.1, -0.05) is 30.3 Å². The summed E-state index contributed by atoms with van der Waals surface area (Å²) in [5, 5.41) is 1.90. The molecule has 66 valence electrons. The van der Waals surface area contributed by atoms with E-state index >= 15 is 0 Å². The highest BCUT2D eigenvalue weighted by atomic mass is 32.1. The van der Waals surface area contributed by atoms with E-state index in [1.807, 2.05) is 41.8 Å². The van der Waals surface area contributed by atoms with Gasteiger partial charge in [0.1, 0.15) is 0 Å². The normalized spacial score (nSPS) is 8.00. The molecule has 1 rings (SSSR count). The molecule has 1 aromatic heterocycles. The lowest BCUT2D eigenvalue weighted by Crippen LogP contribution is -1.56. The van der Waals surface area contributed by atoms with Crippen LogP contribution in [0.5, 0.6) is 0 Å². The molecule has 0 aliphatic rings. The molecular formula is C10H10N2S. The van der Waals surface area contributed by atoms with Crippen molar-refractivity contribution in [1.29, 1.82) is 0 Å². The van der Waals surface area contributed by atoms with Crippen LogP contribution in [0.3, 0.4) is 0 Å². The van der Waals surface area contributed by atoms with Crippen molar-refractivity contribution >= 4 is 11.5 Å². The van der Waals surface area contributed by atoms with E-state index in [-0.39, 0.29) is 0 Å². The van der Waals surface area contributed by atoms with Gasteiger partial charge in [0.15, 0.2) is 0 Å². The summed E-state index contributed by atoms with van der Waals surface area (Å²) in [4.78, 5) is 3.97. The lowest BCUT2D eigenvalue weighted by atomic mass is 10.5. The molecule has 13 heavy (non-hydrogen) atoms. The smallest absolute Gasteiger partial charge is 0.0581 e. The molecule has 0 aliphatic carbocycles. The molecule has 1 aromatic rings. The minimum Gasteiger partial charge on any atom is -0.263 e. The van der Waals surface area contributed by atoms with Crippen molar-refractivity contribution in [1.82, 2.24) is 9.36 Å². The predicted molar refractivity (Wildman–Crippen MR) is 55.2 cm³/mol. The molecule has 0 aromatic carbocycles. The van der Waals surface area contributed by atoms with Crippen molar-refractivity contribution in [3.8, 4) is 0 Å². The first kappa shape index (κ1) is 9.61. The van der Waals surface area contributed by atoms with Crippen LogP contribution in [-0.2, 0) is 0 Å². The van der Waals surface area contributed by atoms with Crippen LogP contribution in [0.4, 0.5) is 0 Å². The van der Waals surface area contributed by atoms with Crippen LogP contribution < -0.4 is 0 Å². The third kappa shape index (κ3) is 5.75. The average Bonchev–Trinajstić information content (AvgIpc) is 2.18. The van der Waals surface area contributed by atoms with E-state index in [1.165, 1.54) is 11.5 Å². The first-order chi connectivity index (χ1) is 6.50. The molecule has 0 radical (unpaired) electrons. The maximum absolute atomic E-state index is 4.00. The lowest BCUT2D eigenvalue weighted by Gasteiger charge is -1.65. The van der Waals surface area contributed by atoms with E-state index < -0.39 is 0 Å². The Morgan fingerprint density at radius 2 is 1.46 bits per heavy atom. The van der Waals surface area contributed by atoms with E-state index in [0.29, 0.717) is 0 Å². The fourth-order valence-electron chi connectivity index (χ4n) is 0.622. The zero-order valence-electron chi connectivity index (χ0n) is 7.08. The van der Waals surface area contributed by atoms with Crippen LogP contribution >= 0.6 is 11.5 Å². The fraction of sp³-hybridized carbons (Fsp3) is 0. The SMILES string of the molecule is c1ccccsnccnccc1. The quantitative estimate of drug-likeness (QED) is 0.628. The Hall–Kier alpha value is -1.48. The van der Waals surface area contributed by atoms with Gasteiger partial charge >= 0.3 is 0 Å². The van der Waals surface area contributed by atoms with Gasteiger partial charge in [-0.3, -0.25) is 4.98 Å². The van der Waals surface area contributed by atoms with E-state index in [1.54, 1.807) is 18.6 Å². The van der Waals surface area contributed by atoms with Gasteiger partial charge in [0.2, 0.25) is 0 Å². The van der Waals surface area contributed by atoms with Crippen molar-refractivity contribution in [2.75, 3.05) is 0 Å². The number of hydrogen-bond acceptors (Lipinski definition) is 3. The molecule has 0 saturated carbocycles. The lowest BCUT2D eigenvalue weighted by molar-refractivity contribution is 1.32. The Morgan fingerprint density at radius 3 is 2.38 bits per heavy atom. The molecule has 0 atom stereocenters. The highest BCUT2D eigenvalue weighted by Gasteiger charge is 1.59. The van der Waals surface area contributed by atoms with Crippen LogP contribution in [0, 0.1) is 0 Å². The van der Waals surface area contributed by atoms with Crippen LogP contribution in [-0.4, -0.2) is 9.36 Å². The Balaban J connectivity index is 3.02. The minimum atomic E-state index is 1.37. The molecule has 0 aliphatic heterocycles. The van der Waals surface area contributed by atoms with Crippen LogP contribution in [0.1, 0.15) is 0 Å². The topological polar surface area (TPSA) is 25.8 Å². The summed E-state index contributed by atoms with van der Waals surface area (Å²) in [6.45, 7) is 0. The summed E-state index contributed by atoms with van der Waals surface area (Å²) in [5.74, 6) is 0. The van der Waals surface area contributed by atoms with Crippen LogP contribution in [0.15, 0.2) is 60.4 Å². The van der Waals surface area contributed by atoms with Crippen LogP contribution in [0.2, 0.25) is 0 Å². The van der Waals surface area contributed by atoms with E-state index in [0.717, 1.165) is 0 Å². The largest absolute Gasteiger partial charge is 0.263 e. The van der Waals surface area contributed by atoms with Crippen molar-refractivity contribution in [2.45, 2.75) is 0 Å². The summed E-state index contributed by atoms with van der Waals surface area (Å²) in [5.41, 5.74) is 0. The molecule has 0 fully saturated rings. The second-order valence-corrected chi connectivity index (χ2v) is 2.79. The van der Waals surface area contributed by atoms with Gasteiger partial charge in [-0.25, -0.2) is 0 Å². The highest BCUT2D eigenvalue weighted by molar-refractivity contribution is 7.03. The first-order valence-electron chi connectivity index (χ1n) is 3.86. The highest BCUT2D eigenvalue weighted by Crippen LogP contribution is 1.81. The molecule has 1 heterocycles. The Bertz CT molecular complexity index is 207. The van der Waals surface area contributed by atoms with Crippen molar-refractivity contribution in [3.05, 3.63) is 60.4 Å². The number of rotatable bonds is 0. The third-order valence-corrected chi connectivity index (χ3v) is 1.66. The van der Waals surface area contributed by atoms with Gasteiger partial charge in [-0.2, -0.15) is 4.37 Å². The summed E-state index contributed by atoms with van der Waals surface area (Å²) < 4.78 is 4.00. The van der Waals surface area contributed by atoms with E-state index in [9.17, 15) is 0 Å². The van der Waals surface area contributed by atoms with Crippen molar-refractivity contribution in [3.63, 3.8) is 0 Å². The fourth-order valence-corrected chi connectivity index (χ4v) is 0.978. The predicted octanol–water partition coefficient (Wildman–Crippen LogP) is 2.79. The Labute approximate surface area is 81.7 Å². The summed E-state index contributed by atoms with van der Waals surface area (Å²) in [6, 6.07) is 11.6. The molecule has 0 unspecified atom stereocenters. The van der Waals surface area contributed by atoms with Gasteiger partial charge in [-0.15, -0.1) is 0 Å². The van der Waals surface area contributed by atoms with Gasteiger partial charge < -0.3 is 0 Å². The Kier molecular flexibility index (Phi) is 5.31. The van der Waals surface area contributed by atoms with Gasteiger partial charge in [0, 0.05) is 17.8 Å².